The molecule has 5 nitrogen and oxygen atoms in total. The Morgan fingerprint density at radius 3 is 2.56 bits per heavy atom. The lowest BCUT2D eigenvalue weighted by molar-refractivity contribution is -0.145. The maximum atomic E-state index is 12.0. The first-order valence-corrected chi connectivity index (χ1v) is 6.26. The van der Waals surface area contributed by atoms with Crippen molar-refractivity contribution in [2.75, 3.05) is 7.11 Å². The molecule has 0 aromatic rings. The van der Waals surface area contributed by atoms with Crippen molar-refractivity contribution < 1.29 is 14.3 Å². The van der Waals surface area contributed by atoms with Gasteiger partial charge in [-0.05, 0) is 18.8 Å². The van der Waals surface area contributed by atoms with Crippen molar-refractivity contribution in [2.24, 2.45) is 17.6 Å². The quantitative estimate of drug-likeness (QED) is 0.556. The number of ether oxygens (including phenoxy) is 1. The Hall–Kier alpha value is -1.36. The number of hydrogen-bond donors (Lipinski definition) is 2. The van der Waals surface area contributed by atoms with E-state index in [-0.39, 0.29) is 17.9 Å². The molecule has 0 bridgehead atoms. The van der Waals surface area contributed by atoms with Gasteiger partial charge in [0, 0.05) is 6.04 Å². The predicted octanol–water partition coefficient (Wildman–Crippen LogP) is 0.594. The van der Waals surface area contributed by atoms with Crippen LogP contribution < -0.4 is 11.1 Å². The fourth-order valence-electron chi connectivity index (χ4n) is 2.03. The van der Waals surface area contributed by atoms with Crippen LogP contribution in [0.5, 0.6) is 0 Å². The first kappa shape index (κ1) is 14.7. The summed E-state index contributed by atoms with van der Waals surface area (Å²) in [5.41, 5.74) is 5.70. The Morgan fingerprint density at radius 2 is 2.11 bits per heavy atom. The number of rotatable bonds is 5. The number of carbonyl (C=O) groups excluding carboxylic acids is 2. The summed E-state index contributed by atoms with van der Waals surface area (Å²) in [6.07, 6.45) is 4.78. The van der Waals surface area contributed by atoms with Crippen LogP contribution in [0.4, 0.5) is 0 Å². The van der Waals surface area contributed by atoms with Gasteiger partial charge in [-0.1, -0.05) is 26.0 Å². The van der Waals surface area contributed by atoms with Gasteiger partial charge in [-0.3, -0.25) is 4.79 Å². The van der Waals surface area contributed by atoms with E-state index in [9.17, 15) is 9.59 Å². The van der Waals surface area contributed by atoms with Crippen molar-refractivity contribution in [1.82, 2.24) is 5.32 Å². The van der Waals surface area contributed by atoms with Crippen molar-refractivity contribution in [3.05, 3.63) is 12.2 Å². The van der Waals surface area contributed by atoms with Crippen molar-refractivity contribution in [2.45, 2.75) is 38.8 Å². The summed E-state index contributed by atoms with van der Waals surface area (Å²) in [6.45, 7) is 3.99. The summed E-state index contributed by atoms with van der Waals surface area (Å²) in [5.74, 6) is -0.492. The van der Waals surface area contributed by atoms with Crippen LogP contribution in [-0.2, 0) is 14.3 Å². The lowest BCUT2D eigenvalue weighted by atomic mass is 10.0. The molecular formula is C13H22N2O3. The Balaban J connectivity index is 2.57. The molecule has 3 N–H and O–H groups in total. The molecule has 0 aliphatic heterocycles. The summed E-state index contributed by atoms with van der Waals surface area (Å²) < 4.78 is 4.70. The Kier molecular flexibility index (Phi) is 5.34. The molecule has 2 unspecified atom stereocenters. The van der Waals surface area contributed by atoms with Crippen LogP contribution in [0.3, 0.4) is 0 Å². The van der Waals surface area contributed by atoms with Gasteiger partial charge in [-0.2, -0.15) is 0 Å². The zero-order valence-electron chi connectivity index (χ0n) is 11.2. The largest absolute Gasteiger partial charge is 0.467 e. The zero-order chi connectivity index (χ0) is 13.7. The standard InChI is InChI=1S/C13H22N2O3/c1-8(2)6-11(13(17)18-3)15-12(16)9-4-5-10(14)7-9/h4-5,8-11H,6-7,14H2,1-3H3,(H,15,16)/t9?,10?,11-/m0/s1. The van der Waals surface area contributed by atoms with E-state index in [4.69, 9.17) is 10.5 Å². The fourth-order valence-corrected chi connectivity index (χ4v) is 2.03. The van der Waals surface area contributed by atoms with Crippen LogP contribution in [0.2, 0.25) is 0 Å². The number of esters is 1. The minimum Gasteiger partial charge on any atom is -0.467 e. The molecule has 0 aromatic carbocycles. The third-order valence-electron chi connectivity index (χ3n) is 2.96. The second-order valence-electron chi connectivity index (χ2n) is 5.10. The second kappa shape index (κ2) is 6.54. The number of methoxy groups -OCH3 is 1. The predicted molar refractivity (Wildman–Crippen MR) is 68.6 cm³/mol. The van der Waals surface area contributed by atoms with Crippen LogP contribution in [0, 0.1) is 11.8 Å². The summed E-state index contributed by atoms with van der Waals surface area (Å²) in [5, 5.41) is 2.74. The second-order valence-corrected chi connectivity index (χ2v) is 5.10. The van der Waals surface area contributed by atoms with Crippen molar-refractivity contribution >= 4 is 11.9 Å². The average molecular weight is 254 g/mol. The molecule has 5 heteroatoms. The molecule has 1 rings (SSSR count). The fraction of sp³-hybridized carbons (Fsp3) is 0.692. The van der Waals surface area contributed by atoms with Crippen molar-refractivity contribution in [3.63, 3.8) is 0 Å². The van der Waals surface area contributed by atoms with Gasteiger partial charge in [0.2, 0.25) is 5.91 Å². The lowest BCUT2D eigenvalue weighted by Gasteiger charge is -2.20. The molecule has 0 aromatic heterocycles. The van der Waals surface area contributed by atoms with E-state index >= 15 is 0 Å². The molecule has 0 heterocycles. The monoisotopic (exact) mass is 254 g/mol. The van der Waals surface area contributed by atoms with Crippen molar-refractivity contribution in [3.8, 4) is 0 Å². The number of amides is 1. The van der Waals surface area contributed by atoms with Gasteiger partial charge in [0.25, 0.3) is 0 Å². The van der Waals surface area contributed by atoms with Gasteiger partial charge in [-0.15, -0.1) is 0 Å². The van der Waals surface area contributed by atoms with E-state index in [1.165, 1.54) is 7.11 Å². The van der Waals surface area contributed by atoms with E-state index in [1.807, 2.05) is 19.9 Å². The molecule has 0 saturated carbocycles. The van der Waals surface area contributed by atoms with E-state index in [1.54, 1.807) is 6.08 Å². The molecule has 3 atom stereocenters. The van der Waals surface area contributed by atoms with Gasteiger partial charge in [0.05, 0.1) is 13.0 Å². The molecule has 0 fully saturated rings. The van der Waals surface area contributed by atoms with E-state index < -0.39 is 12.0 Å². The van der Waals surface area contributed by atoms with Crippen LogP contribution >= 0.6 is 0 Å². The Bertz CT molecular complexity index is 339. The Morgan fingerprint density at radius 1 is 1.44 bits per heavy atom. The van der Waals surface area contributed by atoms with Gasteiger partial charge >= 0.3 is 5.97 Å². The van der Waals surface area contributed by atoms with E-state index in [2.05, 4.69) is 5.32 Å². The summed E-state index contributed by atoms with van der Waals surface area (Å²) in [7, 11) is 1.33. The van der Waals surface area contributed by atoms with Gasteiger partial charge in [-0.25, -0.2) is 4.79 Å². The van der Waals surface area contributed by atoms with Gasteiger partial charge in [0.1, 0.15) is 6.04 Å². The third-order valence-corrected chi connectivity index (χ3v) is 2.96. The lowest BCUT2D eigenvalue weighted by Crippen LogP contribution is -2.44. The minimum absolute atomic E-state index is 0.0672. The maximum absolute atomic E-state index is 12.0. The summed E-state index contributed by atoms with van der Waals surface area (Å²) in [4.78, 5) is 23.6. The van der Waals surface area contributed by atoms with Gasteiger partial charge < -0.3 is 15.8 Å². The first-order valence-electron chi connectivity index (χ1n) is 6.26. The Labute approximate surface area is 108 Å². The number of hydrogen-bond acceptors (Lipinski definition) is 4. The zero-order valence-corrected chi connectivity index (χ0v) is 11.2. The molecule has 0 radical (unpaired) electrons. The first-order chi connectivity index (χ1) is 8.43. The number of carbonyl (C=O) groups is 2. The molecule has 0 spiro atoms. The number of nitrogens with one attached hydrogen (secondary N) is 1. The maximum Gasteiger partial charge on any atom is 0.328 e. The smallest absolute Gasteiger partial charge is 0.328 e. The highest BCUT2D eigenvalue weighted by Crippen LogP contribution is 2.17. The van der Waals surface area contributed by atoms with Gasteiger partial charge in [0.15, 0.2) is 0 Å². The summed E-state index contributed by atoms with van der Waals surface area (Å²) in [6, 6.07) is -0.643. The highest BCUT2D eigenvalue weighted by Gasteiger charge is 2.28. The average Bonchev–Trinajstić information content (AvgIpc) is 2.73. The molecule has 102 valence electrons. The molecule has 1 aliphatic rings. The highest BCUT2D eigenvalue weighted by molar-refractivity contribution is 5.87. The number of nitrogens with two attached hydrogens (primary N) is 1. The van der Waals surface area contributed by atoms with Crippen LogP contribution in [0.25, 0.3) is 0 Å². The van der Waals surface area contributed by atoms with Crippen LogP contribution in [-0.4, -0.2) is 31.1 Å². The highest BCUT2D eigenvalue weighted by atomic mass is 16.5. The molecule has 18 heavy (non-hydrogen) atoms. The summed E-state index contributed by atoms with van der Waals surface area (Å²) >= 11 is 0. The SMILES string of the molecule is COC(=O)[C@H](CC(C)C)NC(=O)C1C=CC(N)C1. The molecule has 0 saturated heterocycles. The van der Waals surface area contributed by atoms with Crippen LogP contribution in [0.1, 0.15) is 26.7 Å². The molecule has 1 aliphatic carbocycles. The molecule has 1 amide bonds. The van der Waals surface area contributed by atoms with Crippen molar-refractivity contribution in [1.29, 1.82) is 0 Å². The normalized spacial score (nSPS) is 24.1. The topological polar surface area (TPSA) is 81.4 Å². The minimum atomic E-state index is -0.576. The van der Waals surface area contributed by atoms with Crippen LogP contribution in [0.15, 0.2) is 12.2 Å². The van der Waals surface area contributed by atoms with E-state index in [0.717, 1.165) is 0 Å². The third kappa shape index (κ3) is 4.14. The molecular weight excluding hydrogens is 232 g/mol. The van der Waals surface area contributed by atoms with E-state index in [0.29, 0.717) is 18.8 Å².